The Kier molecular flexibility index (Phi) is 12.8. The van der Waals surface area contributed by atoms with Crippen molar-refractivity contribution in [2.45, 2.75) is 44.1 Å². The van der Waals surface area contributed by atoms with E-state index < -0.39 is 77.6 Å². The number of benzene rings is 1. The summed E-state index contributed by atoms with van der Waals surface area (Å²) in [7, 11) is 1.08. The number of hydrogen-bond acceptors (Lipinski definition) is 10. The van der Waals surface area contributed by atoms with Crippen LogP contribution in [0, 0.1) is 27.4 Å². The van der Waals surface area contributed by atoms with Crippen molar-refractivity contribution in [3.8, 4) is 0 Å². The number of methoxy groups -OCH3 is 1. The summed E-state index contributed by atoms with van der Waals surface area (Å²) < 4.78 is 5.08. The van der Waals surface area contributed by atoms with E-state index in [4.69, 9.17) is 21.6 Å². The number of anilines is 1. The molecule has 236 valence electrons. The van der Waals surface area contributed by atoms with Crippen LogP contribution in [-0.4, -0.2) is 89.4 Å². The minimum atomic E-state index is -2.18. The van der Waals surface area contributed by atoms with Crippen LogP contribution in [0.2, 0.25) is 0 Å². The van der Waals surface area contributed by atoms with Crippen LogP contribution < -0.4 is 27.4 Å². The average molecular weight is 607 g/mol. The second kappa shape index (κ2) is 16.0. The molecule has 17 nitrogen and oxygen atoms in total. The Hall–Kier alpha value is -4.80. The lowest BCUT2D eigenvalue weighted by Crippen LogP contribution is -2.70. The van der Waals surface area contributed by atoms with Gasteiger partial charge in [0, 0.05) is 24.4 Å². The summed E-state index contributed by atoms with van der Waals surface area (Å²) in [4.78, 5) is 77.3. The number of nitro groups is 1. The van der Waals surface area contributed by atoms with Crippen molar-refractivity contribution in [3.63, 3.8) is 0 Å². The molecule has 0 heterocycles. The number of nitro benzene ring substituents is 1. The van der Waals surface area contributed by atoms with Gasteiger partial charge in [-0.25, -0.2) is 0 Å². The number of carbonyl (C=O) groups is 5. The van der Waals surface area contributed by atoms with Crippen LogP contribution in [0.25, 0.3) is 0 Å². The maximum atomic E-state index is 14.6. The van der Waals surface area contributed by atoms with Crippen LogP contribution in [-0.2, 0) is 28.7 Å². The molecule has 1 fully saturated rings. The largest absolute Gasteiger partial charge is 0.480 e. The third-order valence-electron chi connectivity index (χ3n) is 7.36. The van der Waals surface area contributed by atoms with Gasteiger partial charge in [-0.15, -0.1) is 0 Å². The molecule has 17 heteroatoms. The number of ether oxygens (including phenoxy) is 1. The predicted octanol–water partition coefficient (Wildman–Crippen LogP) is -0.497. The minimum absolute atomic E-state index is 0.0837. The van der Waals surface area contributed by atoms with E-state index in [2.05, 4.69) is 16.0 Å². The Morgan fingerprint density at radius 3 is 2.30 bits per heavy atom. The lowest BCUT2D eigenvalue weighted by molar-refractivity contribution is -0.384. The first-order valence-corrected chi connectivity index (χ1v) is 13.6. The van der Waals surface area contributed by atoms with E-state index in [0.717, 1.165) is 30.6 Å². The number of aliphatic carboxylic acids is 1. The van der Waals surface area contributed by atoms with E-state index in [-0.39, 0.29) is 24.3 Å². The number of guanidine groups is 1. The van der Waals surface area contributed by atoms with Crippen molar-refractivity contribution >= 4 is 47.0 Å². The van der Waals surface area contributed by atoms with E-state index in [0.29, 0.717) is 25.7 Å². The van der Waals surface area contributed by atoms with Gasteiger partial charge >= 0.3 is 11.9 Å². The fraction of sp³-hybridized carbons (Fsp3) is 0.538. The Balaban J connectivity index is 2.83. The van der Waals surface area contributed by atoms with Crippen molar-refractivity contribution in [2.75, 3.05) is 38.6 Å². The Labute approximate surface area is 247 Å². The van der Waals surface area contributed by atoms with Gasteiger partial charge in [0.15, 0.2) is 5.96 Å². The predicted molar refractivity (Wildman–Crippen MR) is 152 cm³/mol. The third kappa shape index (κ3) is 8.84. The average Bonchev–Trinajstić information content (AvgIpc) is 2.98. The second-order valence-corrected chi connectivity index (χ2v) is 9.98. The van der Waals surface area contributed by atoms with Gasteiger partial charge in [-0.3, -0.25) is 39.5 Å². The van der Waals surface area contributed by atoms with Crippen molar-refractivity contribution in [3.05, 3.63) is 34.4 Å². The number of nitrogens with one attached hydrogen (secondary N) is 4. The van der Waals surface area contributed by atoms with E-state index >= 15 is 0 Å². The first kappa shape index (κ1) is 34.4. The smallest absolute Gasteiger partial charge is 0.323 e. The third-order valence-corrected chi connectivity index (χ3v) is 7.36. The number of carboxylic acids is 1. The standard InChI is InChI=1S/C26H38N8O9/c1-43-23(39)19(11-12-30-25(28)29)26(16-5-3-2-4-6-16,24(40)32-17-7-9-18(10-8-17)34(41)42)33(15-22(37)38)21(36)14-31-20(35)13-27/h7-10,16,19H,2-6,11-15,27H2,1H3,(H,31,35)(H,32,40)(H,37,38)(H4,28,29,30)/t19?,26-/m0/s1. The zero-order valence-electron chi connectivity index (χ0n) is 23.8. The molecule has 2 atom stereocenters. The fourth-order valence-corrected chi connectivity index (χ4v) is 5.51. The molecule has 0 aromatic heterocycles. The molecule has 0 aliphatic heterocycles. The number of rotatable bonds is 15. The highest BCUT2D eigenvalue weighted by Gasteiger charge is 2.60. The summed E-state index contributed by atoms with van der Waals surface area (Å²) in [5.74, 6) is -7.68. The van der Waals surface area contributed by atoms with Crippen LogP contribution in [0.3, 0.4) is 0 Å². The van der Waals surface area contributed by atoms with E-state index in [1.807, 2.05) is 0 Å². The first-order chi connectivity index (χ1) is 20.4. The zero-order chi connectivity index (χ0) is 32.2. The monoisotopic (exact) mass is 606 g/mol. The summed E-state index contributed by atoms with van der Waals surface area (Å²) >= 11 is 0. The van der Waals surface area contributed by atoms with Gasteiger partial charge in [0.25, 0.3) is 11.6 Å². The van der Waals surface area contributed by atoms with Crippen molar-refractivity contribution in [1.29, 1.82) is 5.41 Å². The van der Waals surface area contributed by atoms with Gasteiger partial charge in [-0.05, 0) is 37.3 Å². The van der Waals surface area contributed by atoms with E-state index in [9.17, 15) is 39.2 Å². The van der Waals surface area contributed by atoms with Crippen molar-refractivity contribution < 1.29 is 38.7 Å². The highest BCUT2D eigenvalue weighted by Crippen LogP contribution is 2.44. The number of nitrogens with two attached hydrogens (primary N) is 2. The van der Waals surface area contributed by atoms with Gasteiger partial charge in [-0.1, -0.05) is 19.3 Å². The van der Waals surface area contributed by atoms with Crippen LogP contribution in [0.15, 0.2) is 24.3 Å². The quantitative estimate of drug-likeness (QED) is 0.0438. The number of carbonyl (C=O) groups excluding carboxylic acids is 4. The fourth-order valence-electron chi connectivity index (χ4n) is 5.51. The summed E-state index contributed by atoms with van der Waals surface area (Å²) in [5.41, 5.74) is 8.41. The number of hydrogen-bond donors (Lipinski definition) is 7. The van der Waals surface area contributed by atoms with Gasteiger partial charge in [0.1, 0.15) is 12.1 Å². The molecule has 2 rings (SSSR count). The molecule has 0 saturated heterocycles. The number of amides is 3. The van der Waals surface area contributed by atoms with Crippen molar-refractivity contribution in [1.82, 2.24) is 15.5 Å². The highest BCUT2D eigenvalue weighted by molar-refractivity contribution is 6.05. The Bertz CT molecular complexity index is 1200. The van der Waals surface area contributed by atoms with Crippen LogP contribution in [0.4, 0.5) is 11.4 Å². The lowest BCUT2D eigenvalue weighted by atomic mass is 9.65. The summed E-state index contributed by atoms with van der Waals surface area (Å²) in [6.07, 6.45) is 2.46. The number of carboxylic acid groups (broad SMARTS) is 1. The number of nitrogens with zero attached hydrogens (tertiary/aromatic N) is 2. The molecule has 0 spiro atoms. The molecule has 1 aromatic carbocycles. The highest BCUT2D eigenvalue weighted by atomic mass is 16.6. The van der Waals surface area contributed by atoms with Gasteiger partial charge in [-0.2, -0.15) is 0 Å². The van der Waals surface area contributed by atoms with E-state index in [1.54, 1.807) is 0 Å². The van der Waals surface area contributed by atoms with Gasteiger partial charge < -0.3 is 42.2 Å². The summed E-state index contributed by atoms with van der Waals surface area (Å²) in [5, 5.41) is 36.1. The normalized spacial score (nSPS) is 15.2. The van der Waals surface area contributed by atoms with Crippen LogP contribution >= 0.6 is 0 Å². The maximum absolute atomic E-state index is 14.6. The molecule has 0 radical (unpaired) electrons. The Morgan fingerprint density at radius 2 is 1.79 bits per heavy atom. The molecule has 1 aliphatic carbocycles. The summed E-state index contributed by atoms with van der Waals surface area (Å²) in [6.45, 7) is -2.31. The molecule has 1 aliphatic rings. The zero-order valence-corrected chi connectivity index (χ0v) is 23.8. The minimum Gasteiger partial charge on any atom is -0.480 e. The Morgan fingerprint density at radius 1 is 1.16 bits per heavy atom. The first-order valence-electron chi connectivity index (χ1n) is 13.6. The number of esters is 1. The van der Waals surface area contributed by atoms with Gasteiger partial charge in [0.05, 0.1) is 31.0 Å². The SMILES string of the molecule is COC(=O)C(CCNC(=N)N)[C@](C(=O)Nc1ccc([N+](=O)[O-])cc1)(C1CCCCC1)N(CC(=O)O)C(=O)CNC(=O)CN. The number of non-ortho nitro benzene ring substituents is 1. The lowest BCUT2D eigenvalue weighted by Gasteiger charge is -2.51. The molecule has 1 unspecified atom stereocenters. The molecule has 3 amide bonds. The molecule has 43 heavy (non-hydrogen) atoms. The molecular weight excluding hydrogens is 568 g/mol. The molecule has 9 N–H and O–H groups in total. The molecule has 0 bridgehead atoms. The van der Waals surface area contributed by atoms with Crippen LogP contribution in [0.5, 0.6) is 0 Å². The van der Waals surface area contributed by atoms with Crippen molar-refractivity contribution in [2.24, 2.45) is 23.3 Å². The van der Waals surface area contributed by atoms with Gasteiger partial charge in [0.2, 0.25) is 11.8 Å². The molecular formula is C26H38N8O9. The molecule has 1 saturated carbocycles. The summed E-state index contributed by atoms with van der Waals surface area (Å²) in [6, 6.07) is 4.82. The molecule has 1 aromatic rings. The topological polar surface area (TPSA) is 273 Å². The second-order valence-electron chi connectivity index (χ2n) is 9.98. The maximum Gasteiger partial charge on any atom is 0.323 e. The van der Waals surface area contributed by atoms with E-state index in [1.165, 1.54) is 12.1 Å². The van der Waals surface area contributed by atoms with Crippen LogP contribution in [0.1, 0.15) is 38.5 Å².